The van der Waals surface area contributed by atoms with Gasteiger partial charge < -0.3 is 5.32 Å². The molecule has 1 aliphatic heterocycles. The minimum absolute atomic E-state index is 0.412. The van der Waals surface area contributed by atoms with Gasteiger partial charge in [0, 0.05) is 16.0 Å². The fourth-order valence-electron chi connectivity index (χ4n) is 2.16. The maximum Gasteiger partial charge on any atom is 0.110 e. The van der Waals surface area contributed by atoms with E-state index in [0.717, 1.165) is 22.8 Å². The lowest BCUT2D eigenvalue weighted by Gasteiger charge is -2.05. The van der Waals surface area contributed by atoms with Crippen LogP contribution in [0.5, 0.6) is 0 Å². The molecule has 2 heterocycles. The Morgan fingerprint density at radius 1 is 1.33 bits per heavy atom. The van der Waals surface area contributed by atoms with Crippen molar-refractivity contribution >= 4 is 34.5 Å². The second-order valence-corrected chi connectivity index (χ2v) is 6.08. The van der Waals surface area contributed by atoms with Crippen LogP contribution in [0.3, 0.4) is 0 Å². The Labute approximate surface area is 120 Å². The Bertz CT molecular complexity index is 562. The second kappa shape index (κ2) is 5.17. The number of benzene rings is 1. The fourth-order valence-corrected chi connectivity index (χ4v) is 3.60. The van der Waals surface area contributed by atoms with Crippen molar-refractivity contribution < 1.29 is 0 Å². The van der Waals surface area contributed by atoms with Crippen molar-refractivity contribution in [2.45, 2.75) is 18.9 Å². The van der Waals surface area contributed by atoms with Crippen LogP contribution >= 0.6 is 34.5 Å². The Hall–Kier alpha value is -0.610. The highest BCUT2D eigenvalue weighted by atomic mass is 35.5. The van der Waals surface area contributed by atoms with Gasteiger partial charge in [-0.3, -0.25) is 0 Å². The van der Waals surface area contributed by atoms with Gasteiger partial charge in [0.05, 0.1) is 16.8 Å². The zero-order valence-corrected chi connectivity index (χ0v) is 11.9. The lowest BCUT2D eigenvalue weighted by molar-refractivity contribution is 0.643. The molecule has 1 N–H and O–H groups in total. The van der Waals surface area contributed by atoms with Crippen LogP contribution in [-0.2, 0) is 0 Å². The van der Waals surface area contributed by atoms with Crippen LogP contribution in [0.15, 0.2) is 23.6 Å². The van der Waals surface area contributed by atoms with Gasteiger partial charge in [-0.05, 0) is 37.6 Å². The number of nitrogens with zero attached hydrogens (tertiary/aromatic N) is 1. The lowest BCUT2D eigenvalue weighted by Crippen LogP contribution is -2.12. The van der Waals surface area contributed by atoms with E-state index in [0.29, 0.717) is 16.1 Å². The van der Waals surface area contributed by atoms with Crippen LogP contribution in [0.4, 0.5) is 0 Å². The summed E-state index contributed by atoms with van der Waals surface area (Å²) < 4.78 is 0. The molecule has 3 rings (SSSR count). The van der Waals surface area contributed by atoms with E-state index >= 15 is 0 Å². The molecule has 5 heteroatoms. The summed E-state index contributed by atoms with van der Waals surface area (Å²) >= 11 is 13.8. The molecule has 94 valence electrons. The van der Waals surface area contributed by atoms with Crippen molar-refractivity contribution in [1.82, 2.24) is 10.3 Å². The molecule has 1 unspecified atom stereocenters. The van der Waals surface area contributed by atoms with E-state index in [-0.39, 0.29) is 0 Å². The minimum Gasteiger partial charge on any atom is -0.308 e. The van der Waals surface area contributed by atoms with Gasteiger partial charge in [0.25, 0.3) is 0 Å². The highest BCUT2D eigenvalue weighted by Crippen LogP contribution is 2.33. The molecule has 2 aromatic rings. The van der Waals surface area contributed by atoms with Crippen LogP contribution in [0.2, 0.25) is 10.0 Å². The van der Waals surface area contributed by atoms with E-state index in [4.69, 9.17) is 23.2 Å². The van der Waals surface area contributed by atoms with Crippen molar-refractivity contribution in [3.8, 4) is 11.3 Å². The highest BCUT2D eigenvalue weighted by Gasteiger charge is 2.20. The molecular weight excluding hydrogens is 287 g/mol. The smallest absolute Gasteiger partial charge is 0.110 e. The molecule has 1 saturated heterocycles. The number of aromatic nitrogens is 1. The Morgan fingerprint density at radius 3 is 2.94 bits per heavy atom. The van der Waals surface area contributed by atoms with Gasteiger partial charge in [-0.1, -0.05) is 23.2 Å². The summed E-state index contributed by atoms with van der Waals surface area (Å²) in [5.41, 5.74) is 1.88. The maximum atomic E-state index is 6.20. The molecule has 0 amide bonds. The predicted molar refractivity (Wildman–Crippen MR) is 77.5 cm³/mol. The monoisotopic (exact) mass is 298 g/mol. The zero-order valence-electron chi connectivity index (χ0n) is 9.62. The summed E-state index contributed by atoms with van der Waals surface area (Å²) in [7, 11) is 0. The molecule has 0 saturated carbocycles. The van der Waals surface area contributed by atoms with E-state index in [1.54, 1.807) is 17.4 Å². The van der Waals surface area contributed by atoms with Gasteiger partial charge in [-0.15, -0.1) is 11.3 Å². The van der Waals surface area contributed by atoms with Gasteiger partial charge in [-0.25, -0.2) is 4.98 Å². The first-order valence-electron chi connectivity index (χ1n) is 5.88. The molecule has 1 aromatic carbocycles. The summed E-state index contributed by atoms with van der Waals surface area (Å²) in [5, 5.41) is 7.96. The van der Waals surface area contributed by atoms with Crippen LogP contribution in [0.1, 0.15) is 23.9 Å². The third-order valence-electron chi connectivity index (χ3n) is 3.09. The molecule has 1 aliphatic rings. The first-order chi connectivity index (χ1) is 8.74. The number of thiazole rings is 1. The van der Waals surface area contributed by atoms with Crippen LogP contribution in [0.25, 0.3) is 11.3 Å². The molecule has 2 nitrogen and oxygen atoms in total. The summed E-state index contributed by atoms with van der Waals surface area (Å²) in [5.74, 6) is 0. The van der Waals surface area contributed by atoms with E-state index in [2.05, 4.69) is 15.7 Å². The van der Waals surface area contributed by atoms with Crippen LogP contribution < -0.4 is 5.32 Å². The summed E-state index contributed by atoms with van der Waals surface area (Å²) in [6.07, 6.45) is 2.39. The average molecular weight is 299 g/mol. The van der Waals surface area contributed by atoms with E-state index in [1.165, 1.54) is 12.8 Å². The average Bonchev–Trinajstić information content (AvgIpc) is 2.99. The largest absolute Gasteiger partial charge is 0.308 e. The summed E-state index contributed by atoms with van der Waals surface area (Å²) in [6.45, 7) is 1.08. The Morgan fingerprint density at radius 2 is 2.22 bits per heavy atom. The molecule has 18 heavy (non-hydrogen) atoms. The number of hydrogen-bond donors (Lipinski definition) is 1. The van der Waals surface area contributed by atoms with Crippen LogP contribution in [-0.4, -0.2) is 11.5 Å². The zero-order chi connectivity index (χ0) is 12.5. The van der Waals surface area contributed by atoms with Crippen LogP contribution in [0, 0.1) is 0 Å². The van der Waals surface area contributed by atoms with E-state index < -0.39 is 0 Å². The third-order valence-corrected chi connectivity index (χ3v) is 4.59. The first kappa shape index (κ1) is 12.4. The SMILES string of the molecule is Clc1ccc(-c2csc(C3CCCN3)n2)c(Cl)c1. The Balaban J connectivity index is 1.92. The molecule has 0 radical (unpaired) electrons. The quantitative estimate of drug-likeness (QED) is 0.880. The highest BCUT2D eigenvalue weighted by molar-refractivity contribution is 7.10. The molecule has 1 fully saturated rings. The normalized spacial score (nSPS) is 19.3. The number of halogens is 2. The van der Waals surface area contributed by atoms with Crippen molar-refractivity contribution in [2.75, 3.05) is 6.54 Å². The first-order valence-corrected chi connectivity index (χ1v) is 7.52. The molecule has 0 aliphatic carbocycles. The van der Waals surface area contributed by atoms with Gasteiger partial charge in [-0.2, -0.15) is 0 Å². The molecule has 1 aromatic heterocycles. The predicted octanol–water partition coefficient (Wildman–Crippen LogP) is 4.54. The number of nitrogens with one attached hydrogen (secondary N) is 1. The van der Waals surface area contributed by atoms with E-state index in [9.17, 15) is 0 Å². The second-order valence-electron chi connectivity index (χ2n) is 4.34. The van der Waals surface area contributed by atoms with Gasteiger partial charge in [0.15, 0.2) is 0 Å². The van der Waals surface area contributed by atoms with Crippen molar-refractivity contribution in [3.05, 3.63) is 38.6 Å². The standard InChI is InChI=1S/C13H12Cl2N2S/c14-8-3-4-9(10(15)6-8)12-7-18-13(17-12)11-2-1-5-16-11/h3-4,6-7,11,16H,1-2,5H2. The lowest BCUT2D eigenvalue weighted by atomic mass is 10.2. The minimum atomic E-state index is 0.412. The molecule has 1 atom stereocenters. The van der Waals surface area contributed by atoms with Gasteiger partial charge >= 0.3 is 0 Å². The summed E-state index contributed by atoms with van der Waals surface area (Å²) in [4.78, 5) is 4.68. The number of hydrogen-bond acceptors (Lipinski definition) is 3. The van der Waals surface area contributed by atoms with Crippen molar-refractivity contribution in [3.63, 3.8) is 0 Å². The van der Waals surface area contributed by atoms with Gasteiger partial charge in [0.1, 0.15) is 5.01 Å². The van der Waals surface area contributed by atoms with E-state index in [1.807, 2.05) is 12.1 Å². The summed E-state index contributed by atoms with van der Waals surface area (Å²) in [6, 6.07) is 5.93. The maximum absolute atomic E-state index is 6.20. The fraction of sp³-hybridized carbons (Fsp3) is 0.308. The number of rotatable bonds is 2. The molecule has 0 spiro atoms. The molecular formula is C13H12Cl2N2S. The van der Waals surface area contributed by atoms with Crippen molar-refractivity contribution in [1.29, 1.82) is 0 Å². The molecule has 0 bridgehead atoms. The van der Waals surface area contributed by atoms with Crippen molar-refractivity contribution in [2.24, 2.45) is 0 Å². The Kier molecular flexibility index (Phi) is 3.57. The van der Waals surface area contributed by atoms with Gasteiger partial charge in [0.2, 0.25) is 0 Å². The third kappa shape index (κ3) is 2.41. The topological polar surface area (TPSA) is 24.9 Å².